The average molecular weight is 424 g/mol. The number of hydrogen-bond donors (Lipinski definition) is 1. The maximum absolute atomic E-state index is 12.8. The average Bonchev–Trinajstić information content (AvgIpc) is 2.86. The van der Waals surface area contributed by atoms with Crippen molar-refractivity contribution in [2.24, 2.45) is 0 Å². The highest BCUT2D eigenvalue weighted by Crippen LogP contribution is 2.28. The molecule has 0 unspecified atom stereocenters. The van der Waals surface area contributed by atoms with E-state index < -0.39 is 17.8 Å². The molecule has 30 heavy (non-hydrogen) atoms. The van der Waals surface area contributed by atoms with Crippen LogP contribution in [0.5, 0.6) is 0 Å². The van der Waals surface area contributed by atoms with Crippen LogP contribution in [0.4, 0.5) is 13.2 Å². The largest absolute Gasteiger partial charge is 0.436 e. The molecular formula is C20H23F3N4O3. The number of aromatic nitrogens is 2. The molecule has 162 valence electrons. The fraction of sp³-hybridized carbons (Fsp3) is 0.500. The van der Waals surface area contributed by atoms with Crippen molar-refractivity contribution >= 4 is 11.8 Å². The number of nitrogens with zero attached hydrogens (tertiary/aromatic N) is 3. The van der Waals surface area contributed by atoms with Gasteiger partial charge in [-0.1, -0.05) is 0 Å². The van der Waals surface area contributed by atoms with Crippen LogP contribution in [0.15, 0.2) is 16.5 Å². The zero-order valence-corrected chi connectivity index (χ0v) is 17.0. The topological polar surface area (TPSA) is 88.3 Å². The number of alkyl halides is 3. The molecule has 0 aromatic carbocycles. The monoisotopic (exact) mass is 424 g/mol. The number of pyridine rings is 1. The van der Waals surface area contributed by atoms with Gasteiger partial charge in [0.1, 0.15) is 5.69 Å². The van der Waals surface area contributed by atoms with Gasteiger partial charge in [0.05, 0.1) is 17.0 Å². The number of carbonyl (C=O) groups excluding carboxylic acids is 2. The second-order valence-corrected chi connectivity index (χ2v) is 7.37. The van der Waals surface area contributed by atoms with Gasteiger partial charge in [-0.25, -0.2) is 9.97 Å². The third kappa shape index (κ3) is 4.80. The van der Waals surface area contributed by atoms with Crippen LogP contribution < -0.4 is 5.32 Å². The van der Waals surface area contributed by atoms with Crippen LogP contribution >= 0.6 is 0 Å². The van der Waals surface area contributed by atoms with Gasteiger partial charge in [-0.05, 0) is 45.2 Å². The van der Waals surface area contributed by atoms with Crippen LogP contribution in [0.25, 0.3) is 0 Å². The number of amides is 2. The maximum Gasteiger partial charge on any atom is 0.433 e. The van der Waals surface area contributed by atoms with Crippen molar-refractivity contribution in [3.05, 3.63) is 46.4 Å². The summed E-state index contributed by atoms with van der Waals surface area (Å²) in [6.45, 7) is 5.71. The molecule has 1 aliphatic heterocycles. The maximum atomic E-state index is 12.8. The molecule has 2 amide bonds. The van der Waals surface area contributed by atoms with Gasteiger partial charge in [0.2, 0.25) is 5.76 Å². The van der Waals surface area contributed by atoms with Crippen molar-refractivity contribution < 1.29 is 27.2 Å². The lowest BCUT2D eigenvalue weighted by atomic mass is 10.1. The molecule has 0 bridgehead atoms. The lowest BCUT2D eigenvalue weighted by molar-refractivity contribution is -0.141. The van der Waals surface area contributed by atoms with E-state index in [0.717, 1.165) is 12.1 Å². The van der Waals surface area contributed by atoms with Gasteiger partial charge in [0.15, 0.2) is 5.89 Å². The van der Waals surface area contributed by atoms with Gasteiger partial charge in [0.25, 0.3) is 11.8 Å². The summed E-state index contributed by atoms with van der Waals surface area (Å²) in [5, 5.41) is 2.85. The predicted molar refractivity (Wildman–Crippen MR) is 101 cm³/mol. The smallest absolute Gasteiger partial charge is 0.433 e. The molecule has 1 atom stereocenters. The molecular weight excluding hydrogens is 401 g/mol. The van der Waals surface area contributed by atoms with Gasteiger partial charge in [-0.2, -0.15) is 13.2 Å². The molecule has 7 nitrogen and oxygen atoms in total. The van der Waals surface area contributed by atoms with Crippen LogP contribution in [-0.4, -0.2) is 45.8 Å². The third-order valence-corrected chi connectivity index (χ3v) is 5.07. The van der Waals surface area contributed by atoms with E-state index in [2.05, 4.69) is 15.3 Å². The molecule has 1 fully saturated rings. The van der Waals surface area contributed by atoms with E-state index in [0.29, 0.717) is 43.9 Å². The Balaban J connectivity index is 1.63. The van der Waals surface area contributed by atoms with E-state index in [1.54, 1.807) is 18.7 Å². The van der Waals surface area contributed by atoms with Crippen molar-refractivity contribution in [2.45, 2.75) is 52.3 Å². The molecule has 3 heterocycles. The fourth-order valence-corrected chi connectivity index (χ4v) is 3.54. The van der Waals surface area contributed by atoms with Crippen molar-refractivity contribution in [3.63, 3.8) is 0 Å². The Labute approximate surface area is 171 Å². The highest BCUT2D eigenvalue weighted by Gasteiger charge is 2.33. The first-order chi connectivity index (χ1) is 14.1. The van der Waals surface area contributed by atoms with Crippen LogP contribution in [0.3, 0.4) is 0 Å². The molecule has 2 aromatic rings. The highest BCUT2D eigenvalue weighted by atomic mass is 19.4. The SMILES string of the molecule is Cc1nc(C)c(C(=O)N2CCC[C@@H](NC(=O)c3ccc(C(F)(F)F)nc3C)CC2)o1. The number of likely N-dealkylation sites (tertiary alicyclic amines) is 1. The molecule has 10 heteroatoms. The Bertz CT molecular complexity index is 955. The van der Waals surface area contributed by atoms with Gasteiger partial charge in [-0.3, -0.25) is 9.59 Å². The summed E-state index contributed by atoms with van der Waals surface area (Å²) in [5.74, 6) is -0.0548. The first kappa shape index (κ1) is 21.8. The van der Waals surface area contributed by atoms with Crippen LogP contribution in [0, 0.1) is 20.8 Å². The van der Waals surface area contributed by atoms with Crippen molar-refractivity contribution in [3.8, 4) is 0 Å². The molecule has 1 N–H and O–H groups in total. The lowest BCUT2D eigenvalue weighted by Gasteiger charge is -2.20. The van der Waals surface area contributed by atoms with Gasteiger partial charge in [0, 0.05) is 26.1 Å². The lowest BCUT2D eigenvalue weighted by Crippen LogP contribution is -2.37. The summed E-state index contributed by atoms with van der Waals surface area (Å²) in [6, 6.07) is 1.74. The standard InChI is InChI=1S/C20H23F3N4O3/c1-11-15(6-7-16(25-11)20(21,22)23)18(28)26-14-5-4-9-27(10-8-14)19(29)17-12(2)24-13(3)30-17/h6-7,14H,4-5,8-10H2,1-3H3,(H,26,28)/t14-/m1/s1. The minimum Gasteiger partial charge on any atom is -0.436 e. The zero-order chi connectivity index (χ0) is 22.1. The molecule has 0 saturated carbocycles. The van der Waals surface area contributed by atoms with Crippen LogP contribution in [0.2, 0.25) is 0 Å². The molecule has 3 rings (SSSR count). The summed E-state index contributed by atoms with van der Waals surface area (Å²) in [7, 11) is 0. The van der Waals surface area contributed by atoms with E-state index in [1.165, 1.54) is 6.92 Å². The van der Waals surface area contributed by atoms with Crippen molar-refractivity contribution in [1.29, 1.82) is 0 Å². The molecule has 0 radical (unpaired) electrons. The Morgan fingerprint density at radius 2 is 1.83 bits per heavy atom. The Morgan fingerprint density at radius 1 is 1.10 bits per heavy atom. The molecule has 2 aromatic heterocycles. The van der Waals surface area contributed by atoms with Gasteiger partial charge >= 0.3 is 6.18 Å². The second-order valence-electron chi connectivity index (χ2n) is 7.37. The molecule has 1 aliphatic rings. The number of halogens is 3. The van der Waals surface area contributed by atoms with E-state index in [-0.39, 0.29) is 29.0 Å². The number of carbonyl (C=O) groups is 2. The minimum absolute atomic E-state index is 0.0175. The first-order valence-electron chi connectivity index (χ1n) is 9.65. The van der Waals surface area contributed by atoms with Gasteiger partial charge < -0.3 is 14.6 Å². The van der Waals surface area contributed by atoms with Gasteiger partial charge in [-0.15, -0.1) is 0 Å². The van der Waals surface area contributed by atoms with E-state index in [9.17, 15) is 22.8 Å². The Kier molecular flexibility index (Phi) is 6.14. The van der Waals surface area contributed by atoms with Crippen molar-refractivity contribution in [1.82, 2.24) is 20.2 Å². The van der Waals surface area contributed by atoms with Crippen LogP contribution in [0.1, 0.15) is 63.1 Å². The van der Waals surface area contributed by atoms with E-state index in [1.807, 2.05) is 0 Å². The summed E-state index contributed by atoms with van der Waals surface area (Å²) in [4.78, 5) is 34.5. The molecule has 0 aliphatic carbocycles. The Hall–Kier alpha value is -2.91. The second kappa shape index (κ2) is 8.45. The number of rotatable bonds is 3. The number of nitrogens with one attached hydrogen (secondary N) is 1. The zero-order valence-electron chi connectivity index (χ0n) is 17.0. The summed E-state index contributed by atoms with van der Waals surface area (Å²) in [5.41, 5.74) is -0.369. The molecule has 0 spiro atoms. The summed E-state index contributed by atoms with van der Waals surface area (Å²) < 4.78 is 43.7. The minimum atomic E-state index is -4.56. The van der Waals surface area contributed by atoms with E-state index in [4.69, 9.17) is 4.42 Å². The number of hydrogen-bond acceptors (Lipinski definition) is 5. The van der Waals surface area contributed by atoms with Crippen molar-refractivity contribution in [2.75, 3.05) is 13.1 Å². The molecule has 1 saturated heterocycles. The predicted octanol–water partition coefficient (Wildman–Crippen LogP) is 3.44. The third-order valence-electron chi connectivity index (χ3n) is 5.07. The Morgan fingerprint density at radius 3 is 2.43 bits per heavy atom. The normalized spacial score (nSPS) is 17.5. The summed E-state index contributed by atoms with van der Waals surface area (Å²) in [6.07, 6.45) is -2.71. The fourth-order valence-electron chi connectivity index (χ4n) is 3.54. The van der Waals surface area contributed by atoms with Crippen LogP contribution in [-0.2, 0) is 6.18 Å². The van der Waals surface area contributed by atoms with E-state index >= 15 is 0 Å². The number of aryl methyl sites for hydroxylation is 3. The first-order valence-corrected chi connectivity index (χ1v) is 9.65. The number of oxazole rings is 1. The highest BCUT2D eigenvalue weighted by molar-refractivity contribution is 5.95. The summed E-state index contributed by atoms with van der Waals surface area (Å²) >= 11 is 0. The quantitative estimate of drug-likeness (QED) is 0.816.